The molecule has 0 heterocycles. The molecule has 0 amide bonds. The lowest BCUT2D eigenvalue weighted by Gasteiger charge is -2.59. The van der Waals surface area contributed by atoms with E-state index in [9.17, 15) is 9.90 Å². The fraction of sp³-hybridized carbons (Fsp3) is 0.923. The summed E-state index contributed by atoms with van der Waals surface area (Å²) in [4.78, 5) is 12.1. The van der Waals surface area contributed by atoms with Gasteiger partial charge in [0.1, 0.15) is 5.78 Å². The lowest BCUT2D eigenvalue weighted by molar-refractivity contribution is -0.196. The number of hydrogen-bond donors (Lipinski definition) is 1. The Balaban J connectivity index is 2.02. The Morgan fingerprint density at radius 2 is 2.00 bits per heavy atom. The van der Waals surface area contributed by atoms with Gasteiger partial charge in [0.05, 0.1) is 5.60 Å². The minimum Gasteiger partial charge on any atom is -0.389 e. The molecule has 4 fully saturated rings. The van der Waals surface area contributed by atoms with Crippen molar-refractivity contribution in [2.24, 2.45) is 29.6 Å². The topological polar surface area (TPSA) is 37.3 Å². The van der Waals surface area contributed by atoms with E-state index in [1.807, 2.05) is 0 Å². The van der Waals surface area contributed by atoms with Crippen LogP contribution < -0.4 is 0 Å². The van der Waals surface area contributed by atoms with Gasteiger partial charge in [-0.25, -0.2) is 0 Å². The summed E-state index contributed by atoms with van der Waals surface area (Å²) in [6.07, 6.45) is 4.19. The number of hydrogen-bond acceptors (Lipinski definition) is 2. The minimum absolute atomic E-state index is 0.0336. The van der Waals surface area contributed by atoms with Gasteiger partial charge in [-0.3, -0.25) is 4.79 Å². The summed E-state index contributed by atoms with van der Waals surface area (Å²) < 4.78 is 0. The predicted octanol–water partition coefficient (Wildman–Crippen LogP) is 2.01. The molecule has 5 atom stereocenters. The van der Waals surface area contributed by atoms with Crippen molar-refractivity contribution in [3.05, 3.63) is 0 Å². The van der Waals surface area contributed by atoms with Crippen molar-refractivity contribution >= 4 is 5.78 Å². The van der Waals surface area contributed by atoms with Crippen molar-refractivity contribution in [1.29, 1.82) is 0 Å². The molecule has 4 aliphatic carbocycles. The first-order chi connectivity index (χ1) is 7.03. The van der Waals surface area contributed by atoms with Gasteiger partial charge in [-0.05, 0) is 43.4 Å². The van der Waals surface area contributed by atoms with Gasteiger partial charge in [-0.15, -0.1) is 0 Å². The first-order valence-corrected chi connectivity index (χ1v) is 6.29. The molecule has 0 aromatic heterocycles. The quantitative estimate of drug-likeness (QED) is 0.715. The third kappa shape index (κ3) is 1.06. The molecule has 0 saturated heterocycles. The highest BCUT2D eigenvalue weighted by molar-refractivity contribution is 5.87. The number of Topliss-reactive ketones (excluding diaryl/α,β-unsaturated/α-hetero) is 1. The Morgan fingerprint density at radius 3 is 2.67 bits per heavy atom. The molecule has 4 saturated carbocycles. The number of aliphatic hydroxyl groups is 1. The molecule has 1 N–H and O–H groups in total. The van der Waals surface area contributed by atoms with Crippen LogP contribution in [-0.2, 0) is 4.79 Å². The average Bonchev–Trinajstić information content (AvgIpc) is 2.20. The van der Waals surface area contributed by atoms with Gasteiger partial charge in [0.25, 0.3) is 0 Å². The van der Waals surface area contributed by atoms with Gasteiger partial charge in [-0.1, -0.05) is 13.8 Å². The molecule has 1 unspecified atom stereocenters. The van der Waals surface area contributed by atoms with Crippen LogP contribution in [0.4, 0.5) is 0 Å². The second-order valence-electron chi connectivity index (χ2n) is 6.20. The summed E-state index contributed by atoms with van der Waals surface area (Å²) in [6.45, 7) is 4.13. The standard InChI is InChI=1S/C13H20O2/c1-7(2)13(15)10-4-8-3-9(6-10)12(14)11(13)5-8/h7-11,15H,3-6H2,1-2H3/t8-,9+,10-,11+,13?/m1/s1. The van der Waals surface area contributed by atoms with E-state index in [1.165, 1.54) is 0 Å². The molecular weight excluding hydrogens is 188 g/mol. The Kier molecular flexibility index (Phi) is 1.87. The third-order valence-corrected chi connectivity index (χ3v) is 5.26. The average molecular weight is 208 g/mol. The smallest absolute Gasteiger partial charge is 0.141 e. The Hall–Kier alpha value is -0.370. The van der Waals surface area contributed by atoms with Crippen LogP contribution in [0.25, 0.3) is 0 Å². The number of carbonyl (C=O) groups is 1. The van der Waals surface area contributed by atoms with E-state index in [2.05, 4.69) is 13.8 Å². The second-order valence-corrected chi connectivity index (χ2v) is 6.20. The molecule has 4 rings (SSSR count). The fourth-order valence-electron chi connectivity index (χ4n) is 4.55. The van der Waals surface area contributed by atoms with Crippen LogP contribution in [-0.4, -0.2) is 16.5 Å². The number of ketones is 1. The Labute approximate surface area is 91.1 Å². The second kappa shape index (κ2) is 2.85. The summed E-state index contributed by atoms with van der Waals surface area (Å²) in [5, 5.41) is 10.8. The molecule has 0 radical (unpaired) electrons. The van der Waals surface area contributed by atoms with Crippen molar-refractivity contribution < 1.29 is 9.90 Å². The van der Waals surface area contributed by atoms with E-state index >= 15 is 0 Å². The van der Waals surface area contributed by atoms with Crippen molar-refractivity contribution in [1.82, 2.24) is 0 Å². The minimum atomic E-state index is -0.676. The number of carbonyl (C=O) groups excluding carboxylic acids is 1. The summed E-state index contributed by atoms with van der Waals surface area (Å²) >= 11 is 0. The van der Waals surface area contributed by atoms with Crippen LogP contribution in [0.15, 0.2) is 0 Å². The molecule has 0 aliphatic heterocycles. The molecular formula is C13H20O2. The van der Waals surface area contributed by atoms with Gasteiger partial charge in [0, 0.05) is 11.8 Å². The van der Waals surface area contributed by atoms with Crippen LogP contribution in [0.2, 0.25) is 0 Å². The molecule has 4 bridgehead atoms. The highest BCUT2D eigenvalue weighted by atomic mass is 16.3. The van der Waals surface area contributed by atoms with Crippen LogP contribution >= 0.6 is 0 Å². The normalized spacial score (nSPS) is 52.9. The van der Waals surface area contributed by atoms with Crippen LogP contribution in [0.3, 0.4) is 0 Å². The maximum atomic E-state index is 12.1. The Morgan fingerprint density at radius 1 is 1.27 bits per heavy atom. The SMILES string of the molecule is CC(C)C1(O)[C@@H]2C[C@H]3C[C@@H](C2)C(=O)[C@@H]1C3. The largest absolute Gasteiger partial charge is 0.389 e. The first-order valence-electron chi connectivity index (χ1n) is 6.29. The summed E-state index contributed by atoms with van der Waals surface area (Å²) in [5.41, 5.74) is -0.676. The van der Waals surface area contributed by atoms with E-state index < -0.39 is 5.60 Å². The van der Waals surface area contributed by atoms with E-state index in [0.29, 0.717) is 17.6 Å². The van der Waals surface area contributed by atoms with Crippen molar-refractivity contribution in [3.8, 4) is 0 Å². The van der Waals surface area contributed by atoms with Gasteiger partial charge >= 0.3 is 0 Å². The van der Waals surface area contributed by atoms with Gasteiger partial charge in [-0.2, -0.15) is 0 Å². The molecule has 0 spiro atoms. The molecule has 2 heteroatoms. The lowest BCUT2D eigenvalue weighted by Crippen LogP contribution is -2.64. The number of rotatable bonds is 1. The third-order valence-electron chi connectivity index (χ3n) is 5.26. The summed E-state index contributed by atoms with van der Waals surface area (Å²) in [7, 11) is 0. The van der Waals surface area contributed by atoms with E-state index in [-0.39, 0.29) is 11.8 Å². The van der Waals surface area contributed by atoms with Crippen molar-refractivity contribution in [3.63, 3.8) is 0 Å². The van der Waals surface area contributed by atoms with E-state index in [1.54, 1.807) is 0 Å². The maximum absolute atomic E-state index is 12.1. The summed E-state index contributed by atoms with van der Waals surface area (Å²) in [6, 6.07) is 0. The van der Waals surface area contributed by atoms with Crippen LogP contribution in [0.1, 0.15) is 39.5 Å². The molecule has 0 aromatic carbocycles. The van der Waals surface area contributed by atoms with Gasteiger partial charge < -0.3 is 5.11 Å². The maximum Gasteiger partial charge on any atom is 0.141 e. The van der Waals surface area contributed by atoms with Crippen molar-refractivity contribution in [2.45, 2.75) is 45.1 Å². The lowest BCUT2D eigenvalue weighted by atomic mass is 9.47. The van der Waals surface area contributed by atoms with Crippen LogP contribution in [0, 0.1) is 29.6 Å². The van der Waals surface area contributed by atoms with Crippen LogP contribution in [0.5, 0.6) is 0 Å². The van der Waals surface area contributed by atoms with E-state index in [4.69, 9.17) is 0 Å². The monoisotopic (exact) mass is 208 g/mol. The van der Waals surface area contributed by atoms with E-state index in [0.717, 1.165) is 31.6 Å². The molecule has 15 heavy (non-hydrogen) atoms. The fourth-order valence-corrected chi connectivity index (χ4v) is 4.55. The van der Waals surface area contributed by atoms with Gasteiger partial charge in [0.2, 0.25) is 0 Å². The zero-order valence-electron chi connectivity index (χ0n) is 9.57. The summed E-state index contributed by atoms with van der Waals surface area (Å²) in [5.74, 6) is 1.99. The Bertz CT molecular complexity index is 310. The van der Waals surface area contributed by atoms with Crippen molar-refractivity contribution in [2.75, 3.05) is 0 Å². The highest BCUT2D eigenvalue weighted by Gasteiger charge is 2.61. The van der Waals surface area contributed by atoms with Gasteiger partial charge in [0.15, 0.2) is 0 Å². The zero-order valence-corrected chi connectivity index (χ0v) is 9.57. The molecule has 0 aromatic rings. The molecule has 84 valence electrons. The molecule has 2 nitrogen and oxygen atoms in total. The molecule has 4 aliphatic rings. The zero-order chi connectivity index (χ0) is 10.8. The highest BCUT2D eigenvalue weighted by Crippen LogP contribution is 2.58. The first kappa shape index (κ1) is 9.83. The predicted molar refractivity (Wildman–Crippen MR) is 57.2 cm³/mol.